The third kappa shape index (κ3) is 1.82. The molecule has 7 heteroatoms. The molecule has 2 saturated carbocycles. The van der Waals surface area contributed by atoms with E-state index in [1.165, 1.54) is 18.6 Å². The Hall–Kier alpha value is -1.73. The number of aromatic amines is 2. The number of hydrogen-bond acceptors (Lipinski definition) is 3. The van der Waals surface area contributed by atoms with Gasteiger partial charge in [-0.05, 0) is 43.6 Å². The molecule has 3 atom stereocenters. The van der Waals surface area contributed by atoms with Crippen LogP contribution in [0.15, 0.2) is 12.1 Å². The van der Waals surface area contributed by atoms with Crippen molar-refractivity contribution in [3.05, 3.63) is 28.3 Å². The molecule has 2 aromatic rings. The first kappa shape index (κ1) is 14.6. The van der Waals surface area contributed by atoms with E-state index in [1.54, 1.807) is 0 Å². The minimum atomic E-state index is -0.452. The molecule has 1 aliphatic heterocycles. The fourth-order valence-electron chi connectivity index (χ4n) is 4.96. The molecule has 0 bridgehead atoms. The van der Waals surface area contributed by atoms with Gasteiger partial charge in [0.1, 0.15) is 5.82 Å². The second kappa shape index (κ2) is 4.89. The Morgan fingerprint density at radius 3 is 2.96 bits per heavy atom. The van der Waals surface area contributed by atoms with Crippen molar-refractivity contribution in [2.45, 2.75) is 37.8 Å². The summed E-state index contributed by atoms with van der Waals surface area (Å²) in [5.74, 6) is -0.304. The summed E-state index contributed by atoms with van der Waals surface area (Å²) in [5, 5.41) is 3.17. The average Bonchev–Trinajstić information content (AvgIpc) is 3.06. The van der Waals surface area contributed by atoms with Gasteiger partial charge < -0.3 is 20.0 Å². The van der Waals surface area contributed by atoms with Gasteiger partial charge in [0.2, 0.25) is 0 Å². The topological polar surface area (TPSA) is 69.9 Å². The zero-order valence-corrected chi connectivity index (χ0v) is 13.8. The molecule has 1 spiro atoms. The van der Waals surface area contributed by atoms with Crippen molar-refractivity contribution in [2.75, 3.05) is 6.61 Å². The largest absolute Gasteiger partial charge is 0.377 e. The van der Waals surface area contributed by atoms with Gasteiger partial charge >= 0.3 is 0 Å². The highest BCUT2D eigenvalue weighted by molar-refractivity contribution is 7.71. The first-order chi connectivity index (χ1) is 11.6. The molecule has 126 valence electrons. The molecule has 1 saturated heterocycles. The van der Waals surface area contributed by atoms with Crippen LogP contribution < -0.4 is 5.32 Å². The molecule has 2 heterocycles. The van der Waals surface area contributed by atoms with Gasteiger partial charge in [0.25, 0.3) is 5.91 Å². The number of imidazole rings is 1. The SMILES string of the molecule is O=C(N[C@@H]1[C@H]2CCO[C@H]2C12CCC2)c1cc(F)cc2[nH]c(=S)[nH]c12. The summed E-state index contributed by atoms with van der Waals surface area (Å²) >= 11 is 5.07. The van der Waals surface area contributed by atoms with Crippen LogP contribution in [0, 0.1) is 21.9 Å². The Bertz CT molecular complexity index is 901. The number of H-pyrrole nitrogens is 2. The number of amides is 1. The quantitative estimate of drug-likeness (QED) is 0.731. The van der Waals surface area contributed by atoms with Gasteiger partial charge in [-0.25, -0.2) is 4.39 Å². The van der Waals surface area contributed by atoms with Crippen LogP contribution in [0.5, 0.6) is 0 Å². The van der Waals surface area contributed by atoms with Crippen LogP contribution in [-0.2, 0) is 4.74 Å². The van der Waals surface area contributed by atoms with Gasteiger partial charge in [0, 0.05) is 24.0 Å². The molecule has 5 rings (SSSR count). The van der Waals surface area contributed by atoms with E-state index < -0.39 is 5.82 Å². The summed E-state index contributed by atoms with van der Waals surface area (Å²) in [6, 6.07) is 2.74. The van der Waals surface area contributed by atoms with Crippen LogP contribution >= 0.6 is 12.2 Å². The lowest BCUT2D eigenvalue weighted by Gasteiger charge is -2.63. The fraction of sp³-hybridized carbons (Fsp3) is 0.529. The fourth-order valence-corrected chi connectivity index (χ4v) is 5.17. The summed E-state index contributed by atoms with van der Waals surface area (Å²) in [5.41, 5.74) is 1.47. The maximum Gasteiger partial charge on any atom is 0.253 e. The molecule has 1 aromatic carbocycles. The molecule has 1 aromatic heterocycles. The van der Waals surface area contributed by atoms with Crippen molar-refractivity contribution in [1.29, 1.82) is 0 Å². The molecule has 3 fully saturated rings. The average molecular weight is 347 g/mol. The van der Waals surface area contributed by atoms with Crippen LogP contribution in [0.3, 0.4) is 0 Å². The molecular weight excluding hydrogens is 329 g/mol. The highest BCUT2D eigenvalue weighted by Crippen LogP contribution is 2.62. The third-order valence-electron chi connectivity index (χ3n) is 6.16. The van der Waals surface area contributed by atoms with E-state index in [0.717, 1.165) is 25.9 Å². The number of nitrogens with one attached hydrogen (secondary N) is 3. The molecular formula is C17H18FN3O2S. The van der Waals surface area contributed by atoms with Crippen LogP contribution in [0.1, 0.15) is 36.0 Å². The monoisotopic (exact) mass is 347 g/mol. The van der Waals surface area contributed by atoms with Crippen LogP contribution in [0.4, 0.5) is 4.39 Å². The van der Waals surface area contributed by atoms with Gasteiger partial charge in [-0.2, -0.15) is 0 Å². The normalized spacial score (nSPS) is 30.0. The maximum absolute atomic E-state index is 13.9. The number of benzene rings is 1. The minimum absolute atomic E-state index is 0.105. The van der Waals surface area contributed by atoms with Crippen LogP contribution in [0.25, 0.3) is 11.0 Å². The van der Waals surface area contributed by atoms with E-state index in [4.69, 9.17) is 17.0 Å². The standard InChI is InChI=1S/C17H18FN3O2S/c18-8-6-10(12-11(7-8)19-16(24)20-12)15(22)21-13-9-2-5-23-14(9)17(13)3-1-4-17/h6-7,9,13-14H,1-5H2,(H,21,22)(H2,19,20,24)/t9-,13-,14-/m1/s1. The Balaban J connectivity index is 1.48. The Kier molecular flexibility index (Phi) is 2.98. The second-order valence-corrected chi connectivity index (χ2v) is 7.65. The predicted molar refractivity (Wildman–Crippen MR) is 88.8 cm³/mol. The minimum Gasteiger partial charge on any atom is -0.377 e. The first-order valence-corrected chi connectivity index (χ1v) is 8.83. The number of aromatic nitrogens is 2. The van der Waals surface area contributed by atoms with Crippen molar-refractivity contribution < 1.29 is 13.9 Å². The molecule has 5 nitrogen and oxygen atoms in total. The van der Waals surface area contributed by atoms with Crippen molar-refractivity contribution in [3.8, 4) is 0 Å². The summed E-state index contributed by atoms with van der Waals surface area (Å²) in [6.07, 6.45) is 4.67. The van der Waals surface area contributed by atoms with Gasteiger partial charge in [-0.1, -0.05) is 6.42 Å². The summed E-state index contributed by atoms with van der Waals surface area (Å²) in [6.45, 7) is 0.776. The highest BCUT2D eigenvalue weighted by atomic mass is 32.1. The number of fused-ring (bicyclic) bond motifs is 3. The van der Waals surface area contributed by atoms with Crippen LogP contribution in [-0.4, -0.2) is 34.6 Å². The maximum atomic E-state index is 13.9. The van der Waals surface area contributed by atoms with E-state index in [2.05, 4.69) is 15.3 Å². The number of carbonyl (C=O) groups excluding carboxylic acids is 1. The Morgan fingerprint density at radius 1 is 1.38 bits per heavy atom. The third-order valence-corrected chi connectivity index (χ3v) is 6.36. The van der Waals surface area contributed by atoms with E-state index in [1.807, 2.05) is 0 Å². The summed E-state index contributed by atoms with van der Waals surface area (Å²) in [4.78, 5) is 18.7. The van der Waals surface area contributed by atoms with E-state index >= 15 is 0 Å². The molecule has 1 amide bonds. The van der Waals surface area contributed by atoms with E-state index in [9.17, 15) is 9.18 Å². The lowest BCUT2D eigenvalue weighted by molar-refractivity contribution is -0.172. The molecule has 0 unspecified atom stereocenters. The highest BCUT2D eigenvalue weighted by Gasteiger charge is 2.66. The van der Waals surface area contributed by atoms with E-state index in [-0.39, 0.29) is 17.4 Å². The summed E-state index contributed by atoms with van der Waals surface area (Å²) in [7, 11) is 0. The van der Waals surface area contributed by atoms with Gasteiger partial charge in [-0.3, -0.25) is 4.79 Å². The van der Waals surface area contributed by atoms with Crippen molar-refractivity contribution in [3.63, 3.8) is 0 Å². The number of carbonyl (C=O) groups is 1. The zero-order valence-electron chi connectivity index (χ0n) is 13.0. The van der Waals surface area contributed by atoms with Gasteiger partial charge in [0.05, 0.1) is 22.7 Å². The number of rotatable bonds is 2. The molecule has 2 aliphatic carbocycles. The molecule has 24 heavy (non-hydrogen) atoms. The number of halogens is 1. The second-order valence-electron chi connectivity index (χ2n) is 7.24. The predicted octanol–water partition coefficient (Wildman–Crippen LogP) is 3.05. The van der Waals surface area contributed by atoms with Gasteiger partial charge in [0.15, 0.2) is 4.77 Å². The molecule has 3 aliphatic rings. The van der Waals surface area contributed by atoms with Gasteiger partial charge in [-0.15, -0.1) is 0 Å². The van der Waals surface area contributed by atoms with Crippen LogP contribution in [0.2, 0.25) is 0 Å². The first-order valence-electron chi connectivity index (χ1n) is 8.42. The molecule has 3 N–H and O–H groups in total. The lowest BCUT2D eigenvalue weighted by atomic mass is 9.46. The van der Waals surface area contributed by atoms with Crippen molar-refractivity contribution >= 4 is 29.2 Å². The Morgan fingerprint density at radius 2 is 2.21 bits per heavy atom. The smallest absolute Gasteiger partial charge is 0.253 e. The number of hydrogen-bond donors (Lipinski definition) is 3. The van der Waals surface area contributed by atoms with E-state index in [0.29, 0.717) is 33.4 Å². The zero-order chi connectivity index (χ0) is 16.5. The van der Waals surface area contributed by atoms with Crippen molar-refractivity contribution in [1.82, 2.24) is 15.3 Å². The lowest BCUT2D eigenvalue weighted by Crippen LogP contribution is -2.71. The molecule has 0 radical (unpaired) electrons. The number of ether oxygens (including phenoxy) is 1. The summed E-state index contributed by atoms with van der Waals surface area (Å²) < 4.78 is 20.1. The van der Waals surface area contributed by atoms with Crippen molar-refractivity contribution in [2.24, 2.45) is 11.3 Å². The Labute approximate surface area is 143 Å².